The Morgan fingerprint density at radius 1 is 1.23 bits per heavy atom. The number of pyridine rings is 1. The molecule has 3 aromatic heterocycles. The van der Waals surface area contributed by atoms with Gasteiger partial charge in [-0.3, -0.25) is 14.5 Å². The van der Waals surface area contributed by atoms with Gasteiger partial charge in [-0.25, -0.2) is 9.50 Å². The Morgan fingerprint density at radius 2 is 2.00 bits per heavy atom. The van der Waals surface area contributed by atoms with Crippen molar-refractivity contribution in [1.29, 1.82) is 0 Å². The highest BCUT2D eigenvalue weighted by Crippen LogP contribution is 2.21. The van der Waals surface area contributed by atoms with E-state index in [1.165, 1.54) is 0 Å². The number of piperazine rings is 1. The summed E-state index contributed by atoms with van der Waals surface area (Å²) in [5.74, 6) is -0.170. The van der Waals surface area contributed by atoms with Gasteiger partial charge in [0.2, 0.25) is 0 Å². The Kier molecular flexibility index (Phi) is 5.54. The van der Waals surface area contributed by atoms with Crippen LogP contribution in [0.5, 0.6) is 0 Å². The zero-order valence-corrected chi connectivity index (χ0v) is 17.6. The van der Waals surface area contributed by atoms with Crippen molar-refractivity contribution in [2.75, 3.05) is 38.1 Å². The molecule has 30 heavy (non-hydrogen) atoms. The number of H-pyrrole nitrogens is 1. The van der Waals surface area contributed by atoms with Crippen LogP contribution in [0.4, 0.5) is 5.69 Å². The van der Waals surface area contributed by atoms with Gasteiger partial charge in [-0.2, -0.15) is 5.10 Å². The Hall–Kier alpha value is -3.20. The molecule has 4 rings (SSSR count). The second-order valence-corrected chi connectivity index (χ2v) is 7.58. The number of aromatic nitrogens is 4. The number of fused-ring (bicyclic) bond motifs is 1. The third kappa shape index (κ3) is 3.93. The Balaban J connectivity index is 1.41. The molecule has 0 radical (unpaired) electrons. The highest BCUT2D eigenvalue weighted by atomic mass is 16.1. The van der Waals surface area contributed by atoms with Gasteiger partial charge in [0.05, 0.1) is 11.4 Å². The number of anilines is 1. The van der Waals surface area contributed by atoms with E-state index in [0.29, 0.717) is 17.8 Å². The smallest absolute Gasteiger partial charge is 0.273 e. The maximum absolute atomic E-state index is 12.0. The molecule has 0 saturated carbocycles. The standard InChI is InChI=1S/C21H27N7O2/c1-4-16-21(30)24-19-11-15(13-28(19)25-16)12-26-7-9-27(10-8-26)18-6-5-17(20(29)22-3)23-14(18)2/h5-6,11,13H,4,7-10,12H2,1-3H3,(H,22,29)(H,24,30). The molecule has 9 heteroatoms. The van der Waals surface area contributed by atoms with Gasteiger partial charge in [-0.15, -0.1) is 0 Å². The molecule has 4 heterocycles. The molecule has 9 nitrogen and oxygen atoms in total. The third-order valence-corrected chi connectivity index (χ3v) is 5.56. The van der Waals surface area contributed by atoms with Gasteiger partial charge in [-0.05, 0) is 37.1 Å². The number of hydrogen-bond donors (Lipinski definition) is 2. The molecule has 1 amide bonds. The topological polar surface area (TPSA) is 98.6 Å². The summed E-state index contributed by atoms with van der Waals surface area (Å²) in [4.78, 5) is 35.8. The highest BCUT2D eigenvalue weighted by Gasteiger charge is 2.20. The van der Waals surface area contributed by atoms with Crippen molar-refractivity contribution in [2.45, 2.75) is 26.8 Å². The number of nitrogens with zero attached hydrogens (tertiary/aromatic N) is 5. The van der Waals surface area contributed by atoms with Crippen LogP contribution < -0.4 is 15.8 Å². The van der Waals surface area contributed by atoms with E-state index >= 15 is 0 Å². The summed E-state index contributed by atoms with van der Waals surface area (Å²) in [6, 6.07) is 5.75. The molecule has 3 aromatic rings. The van der Waals surface area contributed by atoms with Crippen LogP contribution in [0.25, 0.3) is 5.65 Å². The minimum Gasteiger partial charge on any atom is -0.368 e. The quantitative estimate of drug-likeness (QED) is 0.652. The molecule has 0 aromatic carbocycles. The van der Waals surface area contributed by atoms with Crippen molar-refractivity contribution >= 4 is 17.2 Å². The Bertz CT molecular complexity index is 1130. The van der Waals surface area contributed by atoms with Crippen LogP contribution in [0.3, 0.4) is 0 Å². The Labute approximate surface area is 174 Å². The molecule has 0 spiro atoms. The fraction of sp³-hybridized carbons (Fsp3) is 0.429. The SMILES string of the molecule is CCc1nn2cc(CN3CCN(c4ccc(C(=O)NC)nc4C)CC3)cc2[nH]c1=O. The van der Waals surface area contributed by atoms with E-state index in [2.05, 4.69) is 30.2 Å². The normalized spacial score (nSPS) is 15.0. The first-order chi connectivity index (χ1) is 14.5. The zero-order valence-electron chi connectivity index (χ0n) is 17.6. The molecule has 0 bridgehead atoms. The van der Waals surface area contributed by atoms with Gasteiger partial charge >= 0.3 is 0 Å². The number of aromatic amines is 1. The lowest BCUT2D eigenvalue weighted by atomic mass is 10.2. The molecule has 0 aliphatic carbocycles. The number of hydrogen-bond acceptors (Lipinski definition) is 6. The van der Waals surface area contributed by atoms with Gasteiger partial charge in [0.1, 0.15) is 17.0 Å². The van der Waals surface area contributed by atoms with Crippen LogP contribution in [-0.2, 0) is 13.0 Å². The fourth-order valence-corrected chi connectivity index (χ4v) is 3.91. The predicted molar refractivity (Wildman–Crippen MR) is 115 cm³/mol. The zero-order chi connectivity index (χ0) is 21.3. The molecule has 1 fully saturated rings. The summed E-state index contributed by atoms with van der Waals surface area (Å²) in [7, 11) is 1.61. The number of carbonyl (C=O) groups excluding carboxylic acids is 1. The average Bonchev–Trinajstić information content (AvgIpc) is 3.14. The van der Waals surface area contributed by atoms with Gasteiger partial charge in [0.25, 0.3) is 11.5 Å². The van der Waals surface area contributed by atoms with E-state index in [1.54, 1.807) is 17.6 Å². The minimum absolute atomic E-state index is 0.116. The summed E-state index contributed by atoms with van der Waals surface area (Å²) in [5, 5.41) is 7.01. The molecule has 2 N–H and O–H groups in total. The number of aryl methyl sites for hydroxylation is 2. The van der Waals surface area contributed by atoms with E-state index in [-0.39, 0.29) is 11.5 Å². The van der Waals surface area contributed by atoms with E-state index in [9.17, 15) is 9.59 Å². The van der Waals surface area contributed by atoms with Crippen LogP contribution >= 0.6 is 0 Å². The number of rotatable bonds is 5. The second kappa shape index (κ2) is 8.27. The molecular weight excluding hydrogens is 382 g/mol. The molecule has 1 saturated heterocycles. The first kappa shape index (κ1) is 20.1. The monoisotopic (exact) mass is 409 g/mol. The van der Waals surface area contributed by atoms with Crippen LogP contribution in [0.2, 0.25) is 0 Å². The lowest BCUT2D eigenvalue weighted by Gasteiger charge is -2.36. The molecular formula is C21H27N7O2. The summed E-state index contributed by atoms with van der Waals surface area (Å²) in [5.41, 5.74) is 4.67. The summed E-state index contributed by atoms with van der Waals surface area (Å²) >= 11 is 0. The summed E-state index contributed by atoms with van der Waals surface area (Å²) < 4.78 is 1.76. The predicted octanol–water partition coefficient (Wildman–Crippen LogP) is 0.970. The lowest BCUT2D eigenvalue weighted by molar-refractivity contribution is 0.0958. The molecule has 0 unspecified atom stereocenters. The summed E-state index contributed by atoms with van der Waals surface area (Å²) in [6.45, 7) is 8.32. The molecule has 1 aliphatic rings. The average molecular weight is 409 g/mol. The number of amides is 1. The van der Waals surface area contributed by atoms with Crippen molar-refractivity contribution < 1.29 is 4.79 Å². The van der Waals surface area contributed by atoms with Crippen LogP contribution in [-0.4, -0.2) is 63.6 Å². The summed E-state index contributed by atoms with van der Waals surface area (Å²) in [6.07, 6.45) is 2.60. The van der Waals surface area contributed by atoms with E-state index in [0.717, 1.165) is 55.3 Å². The molecule has 158 valence electrons. The fourth-order valence-electron chi connectivity index (χ4n) is 3.91. The minimum atomic E-state index is -0.170. The van der Waals surface area contributed by atoms with Gasteiger partial charge in [0, 0.05) is 46.0 Å². The second-order valence-electron chi connectivity index (χ2n) is 7.58. The maximum Gasteiger partial charge on any atom is 0.273 e. The van der Waals surface area contributed by atoms with Crippen molar-refractivity contribution in [3.8, 4) is 0 Å². The van der Waals surface area contributed by atoms with Gasteiger partial charge < -0.3 is 15.2 Å². The number of carbonyl (C=O) groups is 1. The largest absolute Gasteiger partial charge is 0.368 e. The van der Waals surface area contributed by atoms with Crippen molar-refractivity contribution in [3.05, 3.63) is 57.4 Å². The van der Waals surface area contributed by atoms with Crippen molar-refractivity contribution in [1.82, 2.24) is 29.8 Å². The highest BCUT2D eigenvalue weighted by molar-refractivity contribution is 5.92. The maximum atomic E-state index is 12.0. The van der Waals surface area contributed by atoms with Gasteiger partial charge in [0.15, 0.2) is 0 Å². The van der Waals surface area contributed by atoms with Crippen LogP contribution in [0, 0.1) is 6.92 Å². The van der Waals surface area contributed by atoms with E-state index in [1.807, 2.05) is 32.2 Å². The van der Waals surface area contributed by atoms with Crippen molar-refractivity contribution in [2.24, 2.45) is 0 Å². The van der Waals surface area contributed by atoms with E-state index < -0.39 is 0 Å². The Morgan fingerprint density at radius 3 is 2.67 bits per heavy atom. The third-order valence-electron chi connectivity index (χ3n) is 5.56. The first-order valence-electron chi connectivity index (χ1n) is 10.3. The first-order valence-corrected chi connectivity index (χ1v) is 10.3. The van der Waals surface area contributed by atoms with E-state index in [4.69, 9.17) is 0 Å². The molecule has 1 aliphatic heterocycles. The van der Waals surface area contributed by atoms with Crippen molar-refractivity contribution in [3.63, 3.8) is 0 Å². The van der Waals surface area contributed by atoms with Gasteiger partial charge in [-0.1, -0.05) is 6.92 Å². The lowest BCUT2D eigenvalue weighted by Crippen LogP contribution is -2.46. The van der Waals surface area contributed by atoms with Crippen LogP contribution in [0.15, 0.2) is 29.2 Å². The van der Waals surface area contributed by atoms with Crippen LogP contribution in [0.1, 0.15) is 34.4 Å². The molecule has 0 atom stereocenters. The number of nitrogens with one attached hydrogen (secondary N) is 2.